The van der Waals surface area contributed by atoms with E-state index in [4.69, 9.17) is 17.4 Å². The van der Waals surface area contributed by atoms with E-state index in [0.717, 1.165) is 11.3 Å². The first-order valence-electron chi connectivity index (χ1n) is 5.51. The van der Waals surface area contributed by atoms with Gasteiger partial charge in [0.05, 0.1) is 11.1 Å². The minimum atomic E-state index is -0.436. The first-order chi connectivity index (χ1) is 8.70. The predicted molar refractivity (Wildman–Crippen MR) is 69.4 cm³/mol. The van der Waals surface area contributed by atoms with E-state index >= 15 is 0 Å². The van der Waals surface area contributed by atoms with Crippen LogP contribution in [-0.4, -0.2) is 4.98 Å². The Kier molecular flexibility index (Phi) is 4.25. The SMILES string of the molecule is NNC(Cc1ccccn1)c1ccc(F)c(Cl)c1. The lowest BCUT2D eigenvalue weighted by Crippen LogP contribution is -2.29. The van der Waals surface area contributed by atoms with Crippen LogP contribution in [0.3, 0.4) is 0 Å². The van der Waals surface area contributed by atoms with Gasteiger partial charge in [0.25, 0.3) is 0 Å². The van der Waals surface area contributed by atoms with Crippen LogP contribution in [0.1, 0.15) is 17.3 Å². The van der Waals surface area contributed by atoms with Gasteiger partial charge >= 0.3 is 0 Å². The molecule has 0 aliphatic rings. The van der Waals surface area contributed by atoms with Crippen LogP contribution in [0.25, 0.3) is 0 Å². The second kappa shape index (κ2) is 5.91. The van der Waals surface area contributed by atoms with Crippen molar-refractivity contribution in [1.29, 1.82) is 0 Å². The van der Waals surface area contributed by atoms with E-state index in [1.54, 1.807) is 18.3 Å². The number of rotatable bonds is 4. The summed E-state index contributed by atoms with van der Waals surface area (Å²) in [6.07, 6.45) is 2.33. The molecular formula is C13H13ClFN3. The van der Waals surface area contributed by atoms with Crippen LogP contribution in [0.15, 0.2) is 42.6 Å². The largest absolute Gasteiger partial charge is 0.271 e. The van der Waals surface area contributed by atoms with E-state index in [-0.39, 0.29) is 11.1 Å². The summed E-state index contributed by atoms with van der Waals surface area (Å²) in [4.78, 5) is 4.23. The zero-order valence-corrected chi connectivity index (χ0v) is 10.4. The topological polar surface area (TPSA) is 50.9 Å². The van der Waals surface area contributed by atoms with E-state index in [2.05, 4.69) is 10.4 Å². The molecule has 3 N–H and O–H groups in total. The highest BCUT2D eigenvalue weighted by molar-refractivity contribution is 6.30. The molecular weight excluding hydrogens is 253 g/mol. The molecule has 0 spiro atoms. The van der Waals surface area contributed by atoms with Crippen molar-refractivity contribution in [2.75, 3.05) is 0 Å². The maximum atomic E-state index is 13.1. The standard InChI is InChI=1S/C13H13ClFN3/c14-11-7-9(4-5-12(11)15)13(18-16)8-10-3-1-2-6-17-10/h1-7,13,18H,8,16H2. The summed E-state index contributed by atoms with van der Waals surface area (Å²) in [7, 11) is 0. The maximum absolute atomic E-state index is 13.1. The first-order valence-corrected chi connectivity index (χ1v) is 5.89. The monoisotopic (exact) mass is 265 g/mol. The van der Waals surface area contributed by atoms with Gasteiger partial charge in [0.15, 0.2) is 0 Å². The van der Waals surface area contributed by atoms with Crippen molar-refractivity contribution < 1.29 is 4.39 Å². The Hall–Kier alpha value is -1.49. The summed E-state index contributed by atoms with van der Waals surface area (Å²) >= 11 is 5.76. The zero-order chi connectivity index (χ0) is 13.0. The number of hydrazine groups is 1. The second-order valence-electron chi connectivity index (χ2n) is 3.92. The van der Waals surface area contributed by atoms with Crippen LogP contribution >= 0.6 is 11.6 Å². The number of pyridine rings is 1. The van der Waals surface area contributed by atoms with E-state index < -0.39 is 5.82 Å². The van der Waals surface area contributed by atoms with Crippen molar-refractivity contribution in [3.63, 3.8) is 0 Å². The Morgan fingerprint density at radius 2 is 2.17 bits per heavy atom. The van der Waals surface area contributed by atoms with Crippen molar-refractivity contribution >= 4 is 11.6 Å². The molecule has 1 aromatic carbocycles. The molecule has 1 heterocycles. The lowest BCUT2D eigenvalue weighted by Gasteiger charge is -2.16. The van der Waals surface area contributed by atoms with Gasteiger partial charge in [0, 0.05) is 18.3 Å². The number of halogens is 2. The first kappa shape index (κ1) is 13.0. The molecule has 0 bridgehead atoms. The van der Waals surface area contributed by atoms with E-state index in [9.17, 15) is 4.39 Å². The van der Waals surface area contributed by atoms with Crippen molar-refractivity contribution in [3.05, 3.63) is 64.7 Å². The molecule has 0 amide bonds. The minimum absolute atomic E-state index is 0.0915. The van der Waals surface area contributed by atoms with Gasteiger partial charge in [0.2, 0.25) is 0 Å². The zero-order valence-electron chi connectivity index (χ0n) is 9.61. The van der Waals surface area contributed by atoms with Gasteiger partial charge in [-0.2, -0.15) is 0 Å². The van der Waals surface area contributed by atoms with E-state index in [1.165, 1.54) is 6.07 Å². The summed E-state index contributed by atoms with van der Waals surface area (Å²) in [6.45, 7) is 0. The molecule has 0 saturated carbocycles. The van der Waals surface area contributed by atoms with Crippen LogP contribution < -0.4 is 11.3 Å². The number of aromatic nitrogens is 1. The second-order valence-corrected chi connectivity index (χ2v) is 4.33. The summed E-state index contributed by atoms with van der Waals surface area (Å²) in [5.74, 6) is 5.09. The van der Waals surface area contributed by atoms with Crippen LogP contribution in [0.5, 0.6) is 0 Å². The number of nitrogens with two attached hydrogens (primary N) is 1. The Balaban J connectivity index is 2.20. The molecule has 0 aliphatic carbocycles. The average Bonchev–Trinajstić information content (AvgIpc) is 2.40. The van der Waals surface area contributed by atoms with Gasteiger partial charge in [-0.25, -0.2) is 4.39 Å². The summed E-state index contributed by atoms with van der Waals surface area (Å²) in [5, 5.41) is 0.0915. The van der Waals surface area contributed by atoms with Gasteiger partial charge in [-0.05, 0) is 29.8 Å². The Morgan fingerprint density at radius 1 is 1.33 bits per heavy atom. The van der Waals surface area contributed by atoms with Crippen LogP contribution in [-0.2, 0) is 6.42 Å². The van der Waals surface area contributed by atoms with Crippen LogP contribution in [0.2, 0.25) is 5.02 Å². The van der Waals surface area contributed by atoms with Crippen molar-refractivity contribution in [2.24, 2.45) is 5.84 Å². The smallest absolute Gasteiger partial charge is 0.141 e. The Bertz CT molecular complexity index is 519. The van der Waals surface area contributed by atoms with Gasteiger partial charge in [0.1, 0.15) is 5.82 Å². The fraction of sp³-hybridized carbons (Fsp3) is 0.154. The third kappa shape index (κ3) is 3.04. The molecule has 0 aliphatic heterocycles. The number of benzene rings is 1. The Labute approximate surface area is 110 Å². The quantitative estimate of drug-likeness (QED) is 0.660. The molecule has 94 valence electrons. The highest BCUT2D eigenvalue weighted by Gasteiger charge is 2.13. The number of hydrogen-bond donors (Lipinski definition) is 2. The fourth-order valence-corrected chi connectivity index (χ4v) is 1.92. The lowest BCUT2D eigenvalue weighted by atomic mass is 10.0. The molecule has 1 unspecified atom stereocenters. The van der Waals surface area contributed by atoms with E-state index in [0.29, 0.717) is 6.42 Å². The van der Waals surface area contributed by atoms with E-state index in [1.807, 2.05) is 18.2 Å². The molecule has 0 fully saturated rings. The average molecular weight is 266 g/mol. The number of hydrogen-bond acceptors (Lipinski definition) is 3. The molecule has 5 heteroatoms. The van der Waals surface area contributed by atoms with Crippen LogP contribution in [0.4, 0.5) is 4.39 Å². The summed E-state index contributed by atoms with van der Waals surface area (Å²) in [6, 6.07) is 10.1. The van der Waals surface area contributed by atoms with Crippen LogP contribution in [0, 0.1) is 5.82 Å². The number of nitrogens with zero attached hydrogens (tertiary/aromatic N) is 1. The molecule has 0 radical (unpaired) electrons. The molecule has 3 nitrogen and oxygen atoms in total. The fourth-order valence-electron chi connectivity index (χ4n) is 1.73. The molecule has 0 saturated heterocycles. The molecule has 2 aromatic rings. The highest BCUT2D eigenvalue weighted by atomic mass is 35.5. The lowest BCUT2D eigenvalue weighted by molar-refractivity contribution is 0.543. The third-order valence-corrected chi connectivity index (χ3v) is 2.98. The van der Waals surface area contributed by atoms with Gasteiger partial charge in [-0.1, -0.05) is 23.7 Å². The predicted octanol–water partition coefficient (Wildman–Crippen LogP) is 2.62. The van der Waals surface area contributed by atoms with Gasteiger partial charge in [-0.15, -0.1) is 0 Å². The Morgan fingerprint density at radius 3 is 2.78 bits per heavy atom. The number of nitrogens with one attached hydrogen (secondary N) is 1. The van der Waals surface area contributed by atoms with Crippen molar-refractivity contribution in [2.45, 2.75) is 12.5 Å². The van der Waals surface area contributed by atoms with Gasteiger partial charge < -0.3 is 0 Å². The third-order valence-electron chi connectivity index (χ3n) is 2.69. The van der Waals surface area contributed by atoms with Crippen molar-refractivity contribution in [1.82, 2.24) is 10.4 Å². The normalized spacial score (nSPS) is 12.4. The molecule has 2 rings (SSSR count). The molecule has 18 heavy (non-hydrogen) atoms. The molecule has 1 atom stereocenters. The summed E-state index contributed by atoms with van der Waals surface area (Å²) in [5.41, 5.74) is 4.42. The summed E-state index contributed by atoms with van der Waals surface area (Å²) < 4.78 is 13.1. The maximum Gasteiger partial charge on any atom is 0.141 e. The highest BCUT2D eigenvalue weighted by Crippen LogP contribution is 2.22. The van der Waals surface area contributed by atoms with Crippen molar-refractivity contribution in [3.8, 4) is 0 Å². The van der Waals surface area contributed by atoms with Gasteiger partial charge in [-0.3, -0.25) is 16.3 Å². The minimum Gasteiger partial charge on any atom is -0.271 e. The molecule has 1 aromatic heterocycles.